The number of likely N-dealkylation sites (tertiary alicyclic amines) is 1. The fourth-order valence-electron chi connectivity index (χ4n) is 2.85. The van der Waals surface area contributed by atoms with Crippen LogP contribution in [0.25, 0.3) is 5.52 Å². The molecule has 0 aliphatic carbocycles. The molecule has 0 saturated carbocycles. The van der Waals surface area contributed by atoms with Crippen LogP contribution in [0, 0.1) is 0 Å². The largest absolute Gasteiger partial charge is 0.388 e. The lowest BCUT2D eigenvalue weighted by molar-refractivity contribution is -0.109. The molecule has 23 heavy (non-hydrogen) atoms. The molecule has 7 nitrogen and oxygen atoms in total. The van der Waals surface area contributed by atoms with Crippen molar-refractivity contribution in [1.82, 2.24) is 19.1 Å². The van der Waals surface area contributed by atoms with Crippen molar-refractivity contribution in [3.05, 3.63) is 28.8 Å². The topological polar surface area (TPSA) is 79.8 Å². The zero-order chi connectivity index (χ0) is 16.6. The second kappa shape index (κ2) is 6.10. The van der Waals surface area contributed by atoms with Crippen molar-refractivity contribution in [2.45, 2.75) is 36.9 Å². The van der Waals surface area contributed by atoms with Gasteiger partial charge in [-0.1, -0.05) is 0 Å². The molecule has 3 rings (SSSR count). The maximum Gasteiger partial charge on any atom is 0.277 e. The molecule has 0 atom stereocenters. The highest BCUT2D eigenvalue weighted by Gasteiger charge is 2.32. The minimum atomic E-state index is -0.875. The predicted octanol–water partition coefficient (Wildman–Crippen LogP) is 0.591. The van der Waals surface area contributed by atoms with Gasteiger partial charge >= 0.3 is 0 Å². The highest BCUT2D eigenvalue weighted by atomic mass is 32.2. The summed E-state index contributed by atoms with van der Waals surface area (Å²) in [5.74, 6) is 0. The lowest BCUT2D eigenvalue weighted by Crippen LogP contribution is -2.47. The number of carbonyl (C=O) groups is 1. The van der Waals surface area contributed by atoms with Crippen LogP contribution >= 0.6 is 11.8 Å². The summed E-state index contributed by atoms with van der Waals surface area (Å²) < 4.78 is 2.94. The Morgan fingerprint density at radius 1 is 1.39 bits per heavy atom. The summed E-state index contributed by atoms with van der Waals surface area (Å²) in [5.41, 5.74) is -0.671. The Morgan fingerprint density at radius 3 is 2.74 bits per heavy atom. The second-order valence-electron chi connectivity index (χ2n) is 6.15. The van der Waals surface area contributed by atoms with Crippen LogP contribution < -0.4 is 5.56 Å². The molecular weight excluding hydrogens is 316 g/mol. The van der Waals surface area contributed by atoms with E-state index >= 15 is 0 Å². The molecule has 1 aliphatic rings. The van der Waals surface area contributed by atoms with Crippen molar-refractivity contribution < 1.29 is 9.90 Å². The number of carbonyl (C=O) groups excluding carboxylic acids is 1. The van der Waals surface area contributed by atoms with Gasteiger partial charge in [0.05, 0.1) is 12.1 Å². The van der Waals surface area contributed by atoms with Crippen LogP contribution in [0.2, 0.25) is 0 Å². The number of thioether (sulfide) groups is 1. The van der Waals surface area contributed by atoms with Gasteiger partial charge in [-0.2, -0.15) is 5.10 Å². The van der Waals surface area contributed by atoms with E-state index in [1.54, 1.807) is 12.1 Å². The monoisotopic (exact) mass is 336 g/mol. The molecule has 2 aromatic rings. The Labute approximate surface area is 137 Å². The Bertz CT molecular complexity index is 790. The van der Waals surface area contributed by atoms with Gasteiger partial charge in [-0.25, -0.2) is 4.52 Å². The summed E-state index contributed by atoms with van der Waals surface area (Å²) in [5, 5.41) is 15.5. The molecule has 0 aromatic carbocycles. The van der Waals surface area contributed by atoms with E-state index in [0.717, 1.165) is 24.9 Å². The van der Waals surface area contributed by atoms with Gasteiger partial charge < -0.3 is 10.0 Å². The van der Waals surface area contributed by atoms with Crippen LogP contribution in [0.3, 0.4) is 0 Å². The average Bonchev–Trinajstić information content (AvgIpc) is 2.89. The Balaban J connectivity index is 1.89. The van der Waals surface area contributed by atoms with Crippen molar-refractivity contribution in [2.75, 3.05) is 20.1 Å². The highest BCUT2D eigenvalue weighted by molar-refractivity contribution is 8.13. The van der Waals surface area contributed by atoms with Gasteiger partial charge in [0.1, 0.15) is 16.9 Å². The number of piperidine rings is 1. The van der Waals surface area contributed by atoms with Crippen molar-refractivity contribution in [3.8, 4) is 0 Å². The maximum atomic E-state index is 12.6. The summed E-state index contributed by atoms with van der Waals surface area (Å²) in [6.07, 6.45) is 2.71. The molecule has 1 saturated heterocycles. The lowest BCUT2D eigenvalue weighted by Gasteiger charge is -2.36. The number of nitrogens with zero attached hydrogens (tertiary/aromatic N) is 4. The zero-order valence-electron chi connectivity index (χ0n) is 13.2. The second-order valence-corrected chi connectivity index (χ2v) is 7.35. The Kier molecular flexibility index (Phi) is 4.31. The van der Waals surface area contributed by atoms with Gasteiger partial charge in [-0.3, -0.25) is 14.2 Å². The number of aliphatic hydroxyl groups is 1. The third kappa shape index (κ3) is 3.34. The quantitative estimate of drug-likeness (QED) is 0.827. The van der Waals surface area contributed by atoms with Gasteiger partial charge in [0, 0.05) is 20.0 Å². The summed E-state index contributed by atoms with van der Waals surface area (Å²) in [4.78, 5) is 26.0. The fraction of sp³-hybridized carbons (Fsp3) is 0.533. The summed E-state index contributed by atoms with van der Waals surface area (Å²) in [6, 6.07) is 3.38. The molecule has 2 aromatic heterocycles. The molecule has 0 bridgehead atoms. The van der Waals surface area contributed by atoms with Crippen molar-refractivity contribution in [2.24, 2.45) is 0 Å². The van der Waals surface area contributed by atoms with E-state index < -0.39 is 5.60 Å². The third-order valence-corrected chi connectivity index (χ3v) is 5.04. The van der Waals surface area contributed by atoms with E-state index in [1.165, 1.54) is 22.3 Å². The first-order valence-electron chi connectivity index (χ1n) is 7.54. The van der Waals surface area contributed by atoms with Gasteiger partial charge in [0.15, 0.2) is 5.12 Å². The predicted molar refractivity (Wildman–Crippen MR) is 87.7 cm³/mol. The number of fused-ring (bicyclic) bond motifs is 1. The van der Waals surface area contributed by atoms with Crippen molar-refractivity contribution >= 4 is 22.4 Å². The van der Waals surface area contributed by atoms with Crippen LogP contribution in [-0.2, 0) is 11.3 Å². The van der Waals surface area contributed by atoms with E-state index in [0.29, 0.717) is 23.4 Å². The number of hydrogen-bond acceptors (Lipinski definition) is 6. The fourth-order valence-corrected chi connectivity index (χ4v) is 3.51. The van der Waals surface area contributed by atoms with E-state index in [9.17, 15) is 14.7 Å². The zero-order valence-corrected chi connectivity index (χ0v) is 14.0. The number of aromatic nitrogens is 3. The number of rotatable bonds is 3. The molecule has 3 heterocycles. The Hall–Kier alpha value is -1.64. The molecule has 0 spiro atoms. The average molecular weight is 336 g/mol. The lowest BCUT2D eigenvalue weighted by atomic mass is 9.91. The smallest absolute Gasteiger partial charge is 0.277 e. The maximum absolute atomic E-state index is 12.6. The SMILES string of the molecule is CC(=O)Sc1ccc2c(=O)n(CC3(O)CCN(C)CC3)cnn12. The van der Waals surface area contributed by atoms with Gasteiger partial charge in [-0.15, -0.1) is 0 Å². The molecule has 0 radical (unpaired) electrons. The molecule has 0 amide bonds. The third-order valence-electron chi connectivity index (χ3n) is 4.24. The van der Waals surface area contributed by atoms with E-state index in [4.69, 9.17) is 0 Å². The van der Waals surface area contributed by atoms with Crippen LogP contribution in [0.5, 0.6) is 0 Å². The molecule has 1 aliphatic heterocycles. The van der Waals surface area contributed by atoms with E-state index in [2.05, 4.69) is 10.00 Å². The van der Waals surface area contributed by atoms with Crippen molar-refractivity contribution in [3.63, 3.8) is 0 Å². The molecular formula is C15H20N4O3S. The minimum Gasteiger partial charge on any atom is -0.388 e. The van der Waals surface area contributed by atoms with Crippen molar-refractivity contribution in [1.29, 1.82) is 0 Å². The summed E-state index contributed by atoms with van der Waals surface area (Å²) in [6.45, 7) is 3.33. The van der Waals surface area contributed by atoms with Crippen LogP contribution in [0.1, 0.15) is 19.8 Å². The van der Waals surface area contributed by atoms with Crippen LogP contribution in [0.15, 0.2) is 28.3 Å². The van der Waals surface area contributed by atoms with Gasteiger partial charge in [0.25, 0.3) is 5.56 Å². The van der Waals surface area contributed by atoms with E-state index in [1.807, 2.05) is 7.05 Å². The molecule has 1 N–H and O–H groups in total. The highest BCUT2D eigenvalue weighted by Crippen LogP contribution is 2.23. The summed E-state index contributed by atoms with van der Waals surface area (Å²) >= 11 is 1.04. The first-order valence-corrected chi connectivity index (χ1v) is 8.36. The van der Waals surface area contributed by atoms with Crippen LogP contribution in [0.4, 0.5) is 0 Å². The molecule has 0 unspecified atom stereocenters. The number of hydrogen-bond donors (Lipinski definition) is 1. The molecule has 124 valence electrons. The van der Waals surface area contributed by atoms with E-state index in [-0.39, 0.29) is 17.2 Å². The van der Waals surface area contributed by atoms with Crippen LogP contribution in [-0.4, -0.2) is 55.0 Å². The molecule has 1 fully saturated rings. The standard InChI is InChI=1S/C15H20N4O3S/c1-11(20)23-13-4-3-12-14(21)18(10-16-19(12)13)9-15(22)5-7-17(2)8-6-15/h3-4,10,22H,5-9H2,1-2H3. The van der Waals surface area contributed by atoms with Gasteiger partial charge in [-0.05, 0) is 43.8 Å². The first-order chi connectivity index (χ1) is 10.9. The first kappa shape index (κ1) is 16.2. The minimum absolute atomic E-state index is 0.0587. The molecule has 8 heteroatoms. The van der Waals surface area contributed by atoms with Gasteiger partial charge in [0.2, 0.25) is 0 Å². The normalized spacial score (nSPS) is 18.4. The Morgan fingerprint density at radius 2 is 2.09 bits per heavy atom. The summed E-state index contributed by atoms with van der Waals surface area (Å²) in [7, 11) is 2.02.